The molecule has 0 radical (unpaired) electrons. The molecular formula is C21H16N6O. The van der Waals surface area contributed by atoms with Gasteiger partial charge in [-0.2, -0.15) is 5.10 Å². The average molecular weight is 368 g/mol. The van der Waals surface area contributed by atoms with Crippen molar-refractivity contribution in [2.45, 2.75) is 6.92 Å². The van der Waals surface area contributed by atoms with Gasteiger partial charge >= 0.3 is 0 Å². The van der Waals surface area contributed by atoms with Crippen LogP contribution in [0.2, 0.25) is 0 Å². The highest BCUT2D eigenvalue weighted by molar-refractivity contribution is 6.06. The molecule has 0 saturated heterocycles. The summed E-state index contributed by atoms with van der Waals surface area (Å²) in [4.78, 5) is 12.8. The largest absolute Gasteiger partial charge is 0.322 e. The zero-order valence-electron chi connectivity index (χ0n) is 15.0. The Morgan fingerprint density at radius 2 is 1.96 bits per heavy atom. The Kier molecular flexibility index (Phi) is 3.65. The minimum absolute atomic E-state index is 0.195. The maximum absolute atomic E-state index is 12.8. The van der Waals surface area contributed by atoms with Gasteiger partial charge in [-0.3, -0.25) is 9.89 Å². The number of hydrogen-bond donors (Lipinski definition) is 2. The lowest BCUT2D eigenvalue weighted by molar-refractivity contribution is 0.102. The fraction of sp³-hybridized carbons (Fsp3) is 0.0476. The molecule has 0 bridgehead atoms. The molecular weight excluding hydrogens is 352 g/mol. The van der Waals surface area contributed by atoms with E-state index in [0.29, 0.717) is 11.3 Å². The van der Waals surface area contributed by atoms with E-state index in [0.717, 1.165) is 33.2 Å². The van der Waals surface area contributed by atoms with Crippen molar-refractivity contribution >= 4 is 28.0 Å². The molecule has 0 aliphatic rings. The summed E-state index contributed by atoms with van der Waals surface area (Å²) in [7, 11) is 0. The number of nitrogens with zero attached hydrogens (tertiary/aromatic N) is 4. The zero-order chi connectivity index (χ0) is 19.1. The first kappa shape index (κ1) is 16.2. The number of benzene rings is 2. The van der Waals surface area contributed by atoms with E-state index in [1.165, 1.54) is 0 Å². The van der Waals surface area contributed by atoms with Crippen LogP contribution in [0, 0.1) is 6.92 Å². The Balaban J connectivity index is 1.50. The molecule has 3 aromatic heterocycles. The van der Waals surface area contributed by atoms with E-state index >= 15 is 0 Å². The van der Waals surface area contributed by atoms with Crippen LogP contribution in [0.25, 0.3) is 27.7 Å². The summed E-state index contributed by atoms with van der Waals surface area (Å²) in [5.41, 5.74) is 5.75. The van der Waals surface area contributed by atoms with Crippen molar-refractivity contribution in [2.24, 2.45) is 0 Å². The van der Waals surface area contributed by atoms with Crippen LogP contribution in [0.3, 0.4) is 0 Å². The Labute approximate surface area is 160 Å². The molecule has 7 heteroatoms. The number of aryl methyl sites for hydroxylation is 1. The van der Waals surface area contributed by atoms with Gasteiger partial charge in [-0.15, -0.1) is 5.10 Å². The van der Waals surface area contributed by atoms with Crippen LogP contribution >= 0.6 is 0 Å². The number of aromatic nitrogens is 5. The van der Waals surface area contributed by atoms with Gasteiger partial charge < -0.3 is 5.32 Å². The predicted octanol–water partition coefficient (Wildman–Crippen LogP) is 3.83. The molecule has 7 nitrogen and oxygen atoms in total. The summed E-state index contributed by atoms with van der Waals surface area (Å²) in [6.07, 6.45) is 3.35. The van der Waals surface area contributed by atoms with Crippen molar-refractivity contribution in [3.05, 3.63) is 78.1 Å². The number of carbonyl (C=O) groups excluding carboxylic acids is 1. The van der Waals surface area contributed by atoms with Crippen molar-refractivity contribution in [1.82, 2.24) is 25.0 Å². The number of nitrogens with one attached hydrogen (secondary N) is 2. The summed E-state index contributed by atoms with van der Waals surface area (Å²) in [5, 5.41) is 19.2. The minimum atomic E-state index is -0.195. The molecule has 136 valence electrons. The lowest BCUT2D eigenvalue weighted by Gasteiger charge is -2.08. The van der Waals surface area contributed by atoms with Crippen LogP contribution in [0.4, 0.5) is 5.69 Å². The number of H-pyrrole nitrogens is 1. The first-order valence-corrected chi connectivity index (χ1v) is 8.84. The van der Waals surface area contributed by atoms with Gasteiger partial charge in [0, 0.05) is 22.8 Å². The fourth-order valence-electron chi connectivity index (χ4n) is 3.32. The van der Waals surface area contributed by atoms with Crippen molar-refractivity contribution in [1.29, 1.82) is 0 Å². The topological polar surface area (TPSA) is 88.0 Å². The quantitative estimate of drug-likeness (QED) is 0.506. The number of pyridine rings is 1. The smallest absolute Gasteiger partial charge is 0.257 e. The van der Waals surface area contributed by atoms with Gasteiger partial charge in [0.25, 0.3) is 5.91 Å². The van der Waals surface area contributed by atoms with Gasteiger partial charge in [0.05, 0.1) is 28.5 Å². The molecule has 0 saturated carbocycles. The molecule has 3 heterocycles. The van der Waals surface area contributed by atoms with Gasteiger partial charge in [-0.25, -0.2) is 4.52 Å². The lowest BCUT2D eigenvalue weighted by Crippen LogP contribution is -2.14. The second-order valence-corrected chi connectivity index (χ2v) is 6.63. The van der Waals surface area contributed by atoms with E-state index in [1.807, 2.05) is 61.5 Å². The van der Waals surface area contributed by atoms with Gasteiger partial charge in [-0.05, 0) is 36.8 Å². The average Bonchev–Trinajstić information content (AvgIpc) is 3.34. The molecule has 0 spiro atoms. The number of aromatic amines is 1. The molecule has 5 aromatic rings. The third-order valence-corrected chi connectivity index (χ3v) is 4.76. The molecule has 0 atom stereocenters. The molecule has 0 aliphatic carbocycles. The van der Waals surface area contributed by atoms with Crippen LogP contribution in [-0.4, -0.2) is 30.9 Å². The fourth-order valence-corrected chi connectivity index (χ4v) is 3.32. The summed E-state index contributed by atoms with van der Waals surface area (Å²) in [6, 6.07) is 17.5. The second kappa shape index (κ2) is 6.31. The van der Waals surface area contributed by atoms with Crippen molar-refractivity contribution < 1.29 is 4.79 Å². The summed E-state index contributed by atoms with van der Waals surface area (Å²) in [5.74, 6) is -0.195. The van der Waals surface area contributed by atoms with Crippen LogP contribution in [0.15, 0.2) is 67.0 Å². The lowest BCUT2D eigenvalue weighted by atomic mass is 10.1. The third kappa shape index (κ3) is 2.69. The number of carbonyl (C=O) groups is 1. The maximum atomic E-state index is 12.8. The predicted molar refractivity (Wildman–Crippen MR) is 107 cm³/mol. The van der Waals surface area contributed by atoms with Crippen LogP contribution in [-0.2, 0) is 0 Å². The highest BCUT2D eigenvalue weighted by Gasteiger charge is 2.14. The van der Waals surface area contributed by atoms with E-state index < -0.39 is 0 Å². The van der Waals surface area contributed by atoms with Crippen LogP contribution < -0.4 is 5.32 Å². The Hall–Kier alpha value is -4.00. The van der Waals surface area contributed by atoms with Crippen molar-refractivity contribution in [2.75, 3.05) is 5.32 Å². The van der Waals surface area contributed by atoms with E-state index in [9.17, 15) is 4.79 Å². The summed E-state index contributed by atoms with van der Waals surface area (Å²) in [6.45, 7) is 1.90. The third-order valence-electron chi connectivity index (χ3n) is 4.76. The van der Waals surface area contributed by atoms with Crippen LogP contribution in [0.1, 0.15) is 15.9 Å². The molecule has 0 aliphatic heterocycles. The number of anilines is 1. The monoisotopic (exact) mass is 368 g/mol. The molecule has 28 heavy (non-hydrogen) atoms. The van der Waals surface area contributed by atoms with Gasteiger partial charge in [0.1, 0.15) is 0 Å². The van der Waals surface area contributed by atoms with E-state index in [-0.39, 0.29) is 5.91 Å². The normalized spacial score (nSPS) is 11.2. The van der Waals surface area contributed by atoms with E-state index in [1.54, 1.807) is 16.9 Å². The van der Waals surface area contributed by atoms with Crippen LogP contribution in [0.5, 0.6) is 0 Å². The van der Waals surface area contributed by atoms with E-state index in [4.69, 9.17) is 0 Å². The Morgan fingerprint density at radius 1 is 1.11 bits per heavy atom. The molecule has 0 unspecified atom stereocenters. The maximum Gasteiger partial charge on any atom is 0.257 e. The molecule has 1 amide bonds. The first-order chi connectivity index (χ1) is 13.7. The number of fused-ring (bicyclic) bond motifs is 2. The highest BCUT2D eigenvalue weighted by Crippen LogP contribution is 2.28. The zero-order valence-corrected chi connectivity index (χ0v) is 15.0. The first-order valence-electron chi connectivity index (χ1n) is 8.84. The van der Waals surface area contributed by atoms with Gasteiger partial charge in [-0.1, -0.05) is 35.5 Å². The number of amides is 1. The number of rotatable bonds is 3. The molecule has 0 fully saturated rings. The van der Waals surface area contributed by atoms with Gasteiger partial charge in [0.15, 0.2) is 0 Å². The molecule has 2 aromatic carbocycles. The minimum Gasteiger partial charge on any atom is -0.322 e. The number of hydrogen-bond acceptors (Lipinski definition) is 4. The SMILES string of the molecule is Cc1cc2cnnn2cc1C(=O)Nc1ccc2[nH]nc(-c3ccccc3)c2c1. The van der Waals surface area contributed by atoms with Crippen molar-refractivity contribution in [3.63, 3.8) is 0 Å². The summed E-state index contributed by atoms with van der Waals surface area (Å²) < 4.78 is 1.59. The summed E-state index contributed by atoms with van der Waals surface area (Å²) >= 11 is 0. The molecule has 2 N–H and O–H groups in total. The highest BCUT2D eigenvalue weighted by atomic mass is 16.1. The Bertz CT molecular complexity index is 1320. The van der Waals surface area contributed by atoms with Gasteiger partial charge in [0.2, 0.25) is 0 Å². The standard InChI is InChI=1S/C21H16N6O/c1-13-9-16-11-22-26-27(16)12-18(13)21(28)23-15-7-8-19-17(10-15)20(25-24-19)14-5-3-2-4-6-14/h2-12H,1H3,(H,23,28)(H,24,25). The molecule has 5 rings (SSSR count). The second-order valence-electron chi connectivity index (χ2n) is 6.63. The Morgan fingerprint density at radius 3 is 2.82 bits per heavy atom. The van der Waals surface area contributed by atoms with Crippen molar-refractivity contribution in [3.8, 4) is 11.3 Å². The van der Waals surface area contributed by atoms with E-state index in [2.05, 4.69) is 25.8 Å².